The molecule has 0 amide bonds. The Morgan fingerprint density at radius 2 is 2.16 bits per heavy atom. The molecule has 1 unspecified atom stereocenters. The third-order valence-electron chi connectivity index (χ3n) is 2.77. The van der Waals surface area contributed by atoms with E-state index in [1.807, 2.05) is 0 Å². The van der Waals surface area contributed by atoms with Gasteiger partial charge in [0.05, 0.1) is 12.2 Å². The van der Waals surface area contributed by atoms with Gasteiger partial charge in [0.2, 0.25) is 5.95 Å². The van der Waals surface area contributed by atoms with Crippen LogP contribution in [0.4, 0.5) is 11.8 Å². The molecule has 2 aromatic heterocycles. The van der Waals surface area contributed by atoms with E-state index in [0.29, 0.717) is 16.8 Å². The van der Waals surface area contributed by atoms with Gasteiger partial charge in [-0.05, 0) is 32.4 Å². The van der Waals surface area contributed by atoms with E-state index in [9.17, 15) is 0 Å². The summed E-state index contributed by atoms with van der Waals surface area (Å²) in [6.45, 7) is 6.28. The Hall–Kier alpha value is -1.37. The maximum absolute atomic E-state index is 6.08. The zero-order valence-electron chi connectivity index (χ0n) is 11.0. The molecule has 4 N–H and O–H groups in total. The molecule has 0 spiro atoms. The van der Waals surface area contributed by atoms with Crippen molar-refractivity contribution in [3.8, 4) is 0 Å². The zero-order chi connectivity index (χ0) is 14.0. The van der Waals surface area contributed by atoms with Crippen LogP contribution < -0.4 is 16.6 Å². The van der Waals surface area contributed by atoms with Gasteiger partial charge < -0.3 is 5.32 Å². The molecule has 2 heterocycles. The third kappa shape index (κ3) is 3.15. The second-order valence-corrected chi connectivity index (χ2v) is 6.14. The first-order valence-electron chi connectivity index (χ1n) is 5.84. The molecule has 102 valence electrons. The second kappa shape index (κ2) is 5.73. The lowest BCUT2D eigenvalue weighted by Gasteiger charge is -2.16. The standard InChI is InChI=1S/C12H16ClN5S/c1-6-4-9(8(3)19-6)7(2)16-11-10(13)5-15-12(17-11)18-14/h4-5,7H,14H2,1-3H3,(H2,15,16,17,18). The van der Waals surface area contributed by atoms with Crippen molar-refractivity contribution < 1.29 is 0 Å². The number of hydrogen-bond donors (Lipinski definition) is 3. The Balaban J connectivity index is 2.23. The fraction of sp³-hybridized carbons (Fsp3) is 0.333. The number of nitrogens with two attached hydrogens (primary N) is 1. The van der Waals surface area contributed by atoms with Crippen LogP contribution in [0.2, 0.25) is 5.02 Å². The highest BCUT2D eigenvalue weighted by molar-refractivity contribution is 7.12. The lowest BCUT2D eigenvalue weighted by molar-refractivity contribution is 0.869. The maximum atomic E-state index is 6.08. The van der Waals surface area contributed by atoms with Crippen molar-refractivity contribution in [3.63, 3.8) is 0 Å². The molecule has 0 saturated heterocycles. The average Bonchev–Trinajstić information content (AvgIpc) is 2.71. The Morgan fingerprint density at radius 1 is 1.42 bits per heavy atom. The quantitative estimate of drug-likeness (QED) is 0.596. The highest BCUT2D eigenvalue weighted by Crippen LogP contribution is 2.30. The lowest BCUT2D eigenvalue weighted by atomic mass is 10.1. The number of nitrogen functional groups attached to an aromatic ring is 1. The Kier molecular flexibility index (Phi) is 4.24. The number of nitrogens with one attached hydrogen (secondary N) is 2. The van der Waals surface area contributed by atoms with Gasteiger partial charge in [-0.25, -0.2) is 10.8 Å². The maximum Gasteiger partial charge on any atom is 0.239 e. The van der Waals surface area contributed by atoms with Gasteiger partial charge in [0, 0.05) is 9.75 Å². The number of anilines is 2. The molecule has 0 aliphatic rings. The molecule has 2 rings (SSSR count). The van der Waals surface area contributed by atoms with E-state index < -0.39 is 0 Å². The molecule has 1 atom stereocenters. The van der Waals surface area contributed by atoms with Crippen molar-refractivity contribution >= 4 is 34.7 Å². The van der Waals surface area contributed by atoms with Crippen LogP contribution in [0.5, 0.6) is 0 Å². The predicted octanol–water partition coefficient (Wildman–Crippen LogP) is 3.27. The number of halogens is 1. The van der Waals surface area contributed by atoms with Crippen LogP contribution in [0.15, 0.2) is 12.3 Å². The summed E-state index contributed by atoms with van der Waals surface area (Å²) in [5.74, 6) is 6.19. The smallest absolute Gasteiger partial charge is 0.239 e. The fourth-order valence-electron chi connectivity index (χ4n) is 1.90. The number of rotatable bonds is 4. The highest BCUT2D eigenvalue weighted by Gasteiger charge is 2.14. The highest BCUT2D eigenvalue weighted by atomic mass is 35.5. The monoisotopic (exact) mass is 297 g/mol. The lowest BCUT2D eigenvalue weighted by Crippen LogP contribution is -2.13. The largest absolute Gasteiger partial charge is 0.362 e. The van der Waals surface area contributed by atoms with Gasteiger partial charge in [-0.15, -0.1) is 11.3 Å². The molecule has 0 aromatic carbocycles. The second-order valence-electron chi connectivity index (χ2n) is 4.27. The Bertz CT molecular complexity index is 583. The summed E-state index contributed by atoms with van der Waals surface area (Å²) in [5.41, 5.74) is 3.65. The molecule has 0 aliphatic carbocycles. The van der Waals surface area contributed by atoms with Crippen LogP contribution in [0.3, 0.4) is 0 Å². The third-order valence-corrected chi connectivity index (χ3v) is 4.03. The van der Waals surface area contributed by atoms with Crippen molar-refractivity contribution in [2.45, 2.75) is 26.8 Å². The summed E-state index contributed by atoms with van der Waals surface area (Å²) < 4.78 is 0. The molecule has 7 heteroatoms. The van der Waals surface area contributed by atoms with Gasteiger partial charge in [-0.1, -0.05) is 11.6 Å². The van der Waals surface area contributed by atoms with Gasteiger partial charge in [0.25, 0.3) is 0 Å². The van der Waals surface area contributed by atoms with Gasteiger partial charge in [0.15, 0.2) is 5.82 Å². The zero-order valence-corrected chi connectivity index (χ0v) is 12.6. The Labute approximate surface area is 121 Å². The van der Waals surface area contributed by atoms with E-state index in [-0.39, 0.29) is 6.04 Å². The van der Waals surface area contributed by atoms with Gasteiger partial charge in [-0.3, -0.25) is 5.43 Å². The topological polar surface area (TPSA) is 75.9 Å². The first kappa shape index (κ1) is 14.0. The van der Waals surface area contributed by atoms with Crippen molar-refractivity contribution in [2.24, 2.45) is 5.84 Å². The molecule has 2 aromatic rings. The first-order valence-corrected chi connectivity index (χ1v) is 7.03. The van der Waals surface area contributed by atoms with Crippen molar-refractivity contribution in [2.75, 3.05) is 10.7 Å². The molecule has 5 nitrogen and oxygen atoms in total. The summed E-state index contributed by atoms with van der Waals surface area (Å²) in [5, 5.41) is 3.75. The van der Waals surface area contributed by atoms with Crippen molar-refractivity contribution in [1.82, 2.24) is 9.97 Å². The number of aryl methyl sites for hydroxylation is 2. The summed E-state index contributed by atoms with van der Waals surface area (Å²) in [6.07, 6.45) is 1.52. The molecule has 19 heavy (non-hydrogen) atoms. The molecular weight excluding hydrogens is 282 g/mol. The number of nitrogens with zero attached hydrogens (tertiary/aromatic N) is 2. The fourth-order valence-corrected chi connectivity index (χ4v) is 3.07. The summed E-state index contributed by atoms with van der Waals surface area (Å²) in [4.78, 5) is 10.7. The molecule has 0 saturated carbocycles. The normalized spacial score (nSPS) is 12.3. The number of aromatic nitrogens is 2. The van der Waals surface area contributed by atoms with Gasteiger partial charge >= 0.3 is 0 Å². The van der Waals surface area contributed by atoms with E-state index >= 15 is 0 Å². The molecule has 0 radical (unpaired) electrons. The first-order chi connectivity index (χ1) is 9.01. The molecule has 0 fully saturated rings. The van der Waals surface area contributed by atoms with Crippen molar-refractivity contribution in [1.29, 1.82) is 0 Å². The number of hydrazine groups is 1. The van der Waals surface area contributed by atoms with Crippen LogP contribution in [0.1, 0.15) is 28.3 Å². The number of hydrogen-bond acceptors (Lipinski definition) is 6. The van der Waals surface area contributed by atoms with E-state index in [4.69, 9.17) is 17.4 Å². The number of thiophene rings is 1. The van der Waals surface area contributed by atoms with E-state index in [0.717, 1.165) is 0 Å². The van der Waals surface area contributed by atoms with E-state index in [2.05, 4.69) is 47.5 Å². The summed E-state index contributed by atoms with van der Waals surface area (Å²) in [6, 6.07) is 2.29. The van der Waals surface area contributed by atoms with E-state index in [1.54, 1.807) is 11.3 Å². The van der Waals surface area contributed by atoms with Gasteiger partial charge in [-0.2, -0.15) is 4.98 Å². The molecule has 0 bridgehead atoms. The minimum absolute atomic E-state index is 0.114. The minimum Gasteiger partial charge on any atom is -0.362 e. The van der Waals surface area contributed by atoms with Crippen LogP contribution in [0.25, 0.3) is 0 Å². The SMILES string of the molecule is Cc1cc(C(C)Nc2nc(NN)ncc2Cl)c(C)s1. The van der Waals surface area contributed by atoms with Crippen LogP contribution in [0, 0.1) is 13.8 Å². The van der Waals surface area contributed by atoms with Crippen LogP contribution in [-0.2, 0) is 0 Å². The van der Waals surface area contributed by atoms with Crippen molar-refractivity contribution in [3.05, 3.63) is 32.6 Å². The van der Waals surface area contributed by atoms with Crippen LogP contribution >= 0.6 is 22.9 Å². The predicted molar refractivity (Wildman–Crippen MR) is 80.7 cm³/mol. The minimum atomic E-state index is 0.114. The summed E-state index contributed by atoms with van der Waals surface area (Å²) in [7, 11) is 0. The summed E-state index contributed by atoms with van der Waals surface area (Å²) >= 11 is 7.86. The van der Waals surface area contributed by atoms with E-state index in [1.165, 1.54) is 21.5 Å². The Morgan fingerprint density at radius 3 is 2.74 bits per heavy atom. The van der Waals surface area contributed by atoms with Crippen LogP contribution in [-0.4, -0.2) is 9.97 Å². The molecule has 0 aliphatic heterocycles. The van der Waals surface area contributed by atoms with Gasteiger partial charge in [0.1, 0.15) is 5.02 Å². The molecular formula is C12H16ClN5S. The average molecular weight is 298 g/mol.